The van der Waals surface area contributed by atoms with Crippen molar-refractivity contribution in [2.24, 2.45) is 5.41 Å². The zero-order valence-corrected chi connectivity index (χ0v) is 13.9. The standard InChI is InChI=1S/C14H18Br2S/c15-10-14(8-2-1-3-9-14)11-17-13-6-4-12(16)5-7-13/h4-7H,1-3,8-11H2. The molecule has 0 N–H and O–H groups in total. The molecule has 0 radical (unpaired) electrons. The molecular weight excluding hydrogens is 360 g/mol. The van der Waals surface area contributed by atoms with Crippen molar-refractivity contribution in [1.82, 2.24) is 0 Å². The highest BCUT2D eigenvalue weighted by atomic mass is 79.9. The summed E-state index contributed by atoms with van der Waals surface area (Å²) in [7, 11) is 0. The van der Waals surface area contributed by atoms with Gasteiger partial charge in [0.1, 0.15) is 0 Å². The van der Waals surface area contributed by atoms with E-state index in [0.717, 1.165) is 9.80 Å². The van der Waals surface area contributed by atoms with Gasteiger partial charge in [-0.05, 0) is 42.5 Å². The molecular formula is C14H18Br2S. The molecule has 0 aliphatic heterocycles. The minimum atomic E-state index is 0.538. The Hall–Kier alpha value is 0.530. The van der Waals surface area contributed by atoms with E-state index in [2.05, 4.69) is 56.1 Å². The number of hydrogen-bond donors (Lipinski definition) is 0. The fourth-order valence-electron chi connectivity index (χ4n) is 2.39. The van der Waals surface area contributed by atoms with Gasteiger partial charge in [0.2, 0.25) is 0 Å². The van der Waals surface area contributed by atoms with Gasteiger partial charge in [-0.3, -0.25) is 0 Å². The molecule has 1 aromatic carbocycles. The van der Waals surface area contributed by atoms with E-state index in [1.807, 2.05) is 11.8 Å². The van der Waals surface area contributed by atoms with Gasteiger partial charge in [0.15, 0.2) is 0 Å². The third-order valence-electron chi connectivity index (χ3n) is 3.56. The maximum Gasteiger partial charge on any atom is 0.0176 e. The highest BCUT2D eigenvalue weighted by Gasteiger charge is 2.30. The molecule has 0 unspecified atom stereocenters. The molecule has 3 heteroatoms. The van der Waals surface area contributed by atoms with Gasteiger partial charge in [-0.25, -0.2) is 0 Å². The fourth-order valence-corrected chi connectivity index (χ4v) is 4.86. The Bertz CT molecular complexity index is 342. The Morgan fingerprint density at radius 1 is 1.06 bits per heavy atom. The second kappa shape index (κ2) is 6.63. The van der Waals surface area contributed by atoms with E-state index in [4.69, 9.17) is 0 Å². The molecule has 1 fully saturated rings. The molecule has 1 aliphatic carbocycles. The average molecular weight is 378 g/mol. The van der Waals surface area contributed by atoms with Crippen molar-refractivity contribution in [2.75, 3.05) is 11.1 Å². The lowest BCUT2D eigenvalue weighted by atomic mass is 9.77. The van der Waals surface area contributed by atoms with Crippen molar-refractivity contribution < 1.29 is 0 Å². The van der Waals surface area contributed by atoms with Crippen LogP contribution in [0.2, 0.25) is 0 Å². The van der Waals surface area contributed by atoms with Crippen LogP contribution in [0.5, 0.6) is 0 Å². The Kier molecular flexibility index (Phi) is 5.44. The summed E-state index contributed by atoms with van der Waals surface area (Å²) < 4.78 is 1.16. The molecule has 0 amide bonds. The molecule has 0 bridgehead atoms. The van der Waals surface area contributed by atoms with Gasteiger partial charge < -0.3 is 0 Å². The van der Waals surface area contributed by atoms with Crippen molar-refractivity contribution in [1.29, 1.82) is 0 Å². The lowest BCUT2D eigenvalue weighted by Crippen LogP contribution is -2.28. The second-order valence-corrected chi connectivity index (χ2v) is 7.46. The lowest BCUT2D eigenvalue weighted by Gasteiger charge is -2.35. The minimum Gasteiger partial charge on any atom is -0.126 e. The average Bonchev–Trinajstić information content (AvgIpc) is 2.39. The smallest absolute Gasteiger partial charge is 0.0176 e. The van der Waals surface area contributed by atoms with Crippen LogP contribution in [0.15, 0.2) is 33.6 Å². The molecule has 94 valence electrons. The summed E-state index contributed by atoms with van der Waals surface area (Å²) in [5.74, 6) is 1.25. The number of halogens is 2. The van der Waals surface area contributed by atoms with E-state index < -0.39 is 0 Å². The maximum atomic E-state index is 3.73. The first kappa shape index (κ1) is 14.0. The second-order valence-electron chi connectivity index (χ2n) is 4.94. The van der Waals surface area contributed by atoms with Gasteiger partial charge in [0.05, 0.1) is 0 Å². The molecule has 17 heavy (non-hydrogen) atoms. The van der Waals surface area contributed by atoms with Gasteiger partial charge in [-0.1, -0.05) is 51.1 Å². The molecule has 0 atom stereocenters. The SMILES string of the molecule is BrCC1(CSc2ccc(Br)cc2)CCCCC1. The Labute approximate surface area is 125 Å². The third-order valence-corrected chi connectivity index (χ3v) is 6.64. The number of benzene rings is 1. The van der Waals surface area contributed by atoms with E-state index in [0.29, 0.717) is 5.41 Å². The first-order valence-corrected chi connectivity index (χ1v) is 9.08. The first-order valence-electron chi connectivity index (χ1n) is 6.18. The lowest BCUT2D eigenvalue weighted by molar-refractivity contribution is 0.260. The summed E-state index contributed by atoms with van der Waals surface area (Å²) in [6.07, 6.45) is 7.03. The number of alkyl halides is 1. The van der Waals surface area contributed by atoms with Crippen molar-refractivity contribution in [3.05, 3.63) is 28.7 Å². The summed E-state index contributed by atoms with van der Waals surface area (Å²) >= 11 is 9.22. The summed E-state index contributed by atoms with van der Waals surface area (Å²) in [4.78, 5) is 1.39. The molecule has 1 aliphatic rings. The van der Waals surface area contributed by atoms with Crippen LogP contribution >= 0.6 is 43.6 Å². The molecule has 0 saturated heterocycles. The Morgan fingerprint density at radius 2 is 1.71 bits per heavy atom. The predicted molar refractivity (Wildman–Crippen MR) is 84.2 cm³/mol. The van der Waals surface area contributed by atoms with E-state index in [1.165, 1.54) is 42.8 Å². The number of rotatable bonds is 4. The summed E-state index contributed by atoms with van der Waals surface area (Å²) in [5.41, 5.74) is 0.538. The van der Waals surface area contributed by atoms with Gasteiger partial charge in [0.25, 0.3) is 0 Å². The van der Waals surface area contributed by atoms with E-state index >= 15 is 0 Å². The van der Waals surface area contributed by atoms with Crippen LogP contribution in [0.25, 0.3) is 0 Å². The zero-order chi connectivity index (χ0) is 12.1. The molecule has 0 nitrogen and oxygen atoms in total. The molecule has 0 aromatic heterocycles. The van der Waals surface area contributed by atoms with Crippen LogP contribution < -0.4 is 0 Å². The van der Waals surface area contributed by atoms with Crippen LogP contribution in [-0.4, -0.2) is 11.1 Å². The van der Waals surface area contributed by atoms with Gasteiger partial charge in [0, 0.05) is 20.5 Å². The van der Waals surface area contributed by atoms with Crippen molar-refractivity contribution >= 4 is 43.6 Å². The van der Waals surface area contributed by atoms with Crippen LogP contribution in [0.3, 0.4) is 0 Å². The molecule has 0 heterocycles. The van der Waals surface area contributed by atoms with E-state index in [1.54, 1.807) is 0 Å². The third kappa shape index (κ3) is 4.00. The highest BCUT2D eigenvalue weighted by Crippen LogP contribution is 2.41. The fraction of sp³-hybridized carbons (Fsp3) is 0.571. The summed E-state index contributed by atoms with van der Waals surface area (Å²) in [6.45, 7) is 0. The molecule has 1 aromatic rings. The van der Waals surface area contributed by atoms with E-state index in [-0.39, 0.29) is 0 Å². The molecule has 0 spiro atoms. The summed E-state index contributed by atoms with van der Waals surface area (Å²) in [6, 6.07) is 8.67. The minimum absolute atomic E-state index is 0.538. The monoisotopic (exact) mass is 376 g/mol. The van der Waals surface area contributed by atoms with Gasteiger partial charge >= 0.3 is 0 Å². The quantitative estimate of drug-likeness (QED) is 0.465. The van der Waals surface area contributed by atoms with Gasteiger partial charge in [-0.15, -0.1) is 11.8 Å². The van der Waals surface area contributed by atoms with Gasteiger partial charge in [-0.2, -0.15) is 0 Å². The summed E-state index contributed by atoms with van der Waals surface area (Å²) in [5, 5.41) is 1.16. The van der Waals surface area contributed by atoms with Crippen molar-refractivity contribution in [3.63, 3.8) is 0 Å². The van der Waals surface area contributed by atoms with E-state index in [9.17, 15) is 0 Å². The van der Waals surface area contributed by atoms with Crippen LogP contribution in [0, 0.1) is 5.41 Å². The molecule has 1 saturated carbocycles. The molecule has 2 rings (SSSR count). The number of thioether (sulfide) groups is 1. The highest BCUT2D eigenvalue weighted by molar-refractivity contribution is 9.10. The first-order chi connectivity index (χ1) is 8.24. The van der Waals surface area contributed by atoms with Crippen molar-refractivity contribution in [3.8, 4) is 0 Å². The van der Waals surface area contributed by atoms with Crippen LogP contribution in [-0.2, 0) is 0 Å². The predicted octanol–water partition coefficient (Wildman–Crippen LogP) is 5.89. The maximum absolute atomic E-state index is 3.73. The van der Waals surface area contributed by atoms with Crippen molar-refractivity contribution in [2.45, 2.75) is 37.0 Å². The Balaban J connectivity index is 1.93. The largest absolute Gasteiger partial charge is 0.126 e. The number of hydrogen-bond acceptors (Lipinski definition) is 1. The topological polar surface area (TPSA) is 0 Å². The van der Waals surface area contributed by atoms with Crippen LogP contribution in [0.4, 0.5) is 0 Å². The normalized spacial score (nSPS) is 19.2. The Morgan fingerprint density at radius 3 is 2.29 bits per heavy atom. The zero-order valence-electron chi connectivity index (χ0n) is 9.92. The van der Waals surface area contributed by atoms with Crippen LogP contribution in [0.1, 0.15) is 32.1 Å².